The van der Waals surface area contributed by atoms with Gasteiger partial charge in [0.25, 0.3) is 0 Å². The Morgan fingerprint density at radius 1 is 1.60 bits per heavy atom. The third-order valence-electron chi connectivity index (χ3n) is 0.859. The van der Waals surface area contributed by atoms with Crippen LogP contribution in [0.25, 0.3) is 0 Å². The second-order valence-corrected chi connectivity index (χ2v) is 5.54. The predicted molar refractivity (Wildman–Crippen MR) is 48.4 cm³/mol. The fourth-order valence-corrected chi connectivity index (χ4v) is 2.70. The van der Waals surface area contributed by atoms with Crippen LogP contribution in [0.1, 0.15) is 13.8 Å². The van der Waals surface area contributed by atoms with Crippen molar-refractivity contribution in [1.82, 2.24) is 0 Å². The van der Waals surface area contributed by atoms with E-state index in [-0.39, 0.29) is 4.87 Å². The summed E-state index contributed by atoms with van der Waals surface area (Å²) in [6.45, 7) is 4.02. The monoisotopic (exact) mass is 173 g/mol. The summed E-state index contributed by atoms with van der Waals surface area (Å²) in [5, 5.41) is 2.06. The van der Waals surface area contributed by atoms with Gasteiger partial charge < -0.3 is 5.73 Å². The van der Waals surface area contributed by atoms with Crippen LogP contribution in [0.3, 0.4) is 0 Å². The molecule has 1 aromatic rings. The summed E-state index contributed by atoms with van der Waals surface area (Å²) in [6.07, 6.45) is 0. The first-order valence-corrected chi connectivity index (χ1v) is 4.79. The molecule has 1 rings (SSSR count). The Morgan fingerprint density at radius 3 is 2.70 bits per heavy atom. The maximum absolute atomic E-state index is 5.80. The normalized spacial score (nSPS) is 11.9. The molecule has 0 saturated heterocycles. The van der Waals surface area contributed by atoms with Crippen molar-refractivity contribution >= 4 is 23.1 Å². The molecule has 1 nitrogen and oxygen atoms in total. The van der Waals surface area contributed by atoms with Gasteiger partial charge in [0.1, 0.15) is 0 Å². The number of thiophene rings is 1. The third-order valence-corrected chi connectivity index (χ3v) is 2.92. The minimum Gasteiger partial charge on any atom is -0.317 e. The van der Waals surface area contributed by atoms with Gasteiger partial charge in [0.2, 0.25) is 0 Å². The maximum atomic E-state index is 5.80. The van der Waals surface area contributed by atoms with Gasteiger partial charge in [-0.1, -0.05) is 17.8 Å². The van der Waals surface area contributed by atoms with Gasteiger partial charge in [-0.15, -0.1) is 11.3 Å². The van der Waals surface area contributed by atoms with Crippen molar-refractivity contribution in [3.8, 4) is 0 Å². The summed E-state index contributed by atoms with van der Waals surface area (Å²) in [5.74, 6) is 0. The van der Waals surface area contributed by atoms with E-state index in [1.165, 1.54) is 4.21 Å². The lowest BCUT2D eigenvalue weighted by Gasteiger charge is -2.15. The Labute approximate surface area is 69.6 Å². The van der Waals surface area contributed by atoms with Gasteiger partial charge in [-0.25, -0.2) is 0 Å². The molecule has 0 aliphatic rings. The zero-order valence-electron chi connectivity index (χ0n) is 6.13. The van der Waals surface area contributed by atoms with Crippen molar-refractivity contribution in [1.29, 1.82) is 0 Å². The van der Waals surface area contributed by atoms with Crippen molar-refractivity contribution in [2.45, 2.75) is 22.9 Å². The van der Waals surface area contributed by atoms with Crippen LogP contribution in [0.4, 0.5) is 0 Å². The molecule has 0 atom stereocenters. The van der Waals surface area contributed by atoms with Gasteiger partial charge in [-0.05, 0) is 25.3 Å². The molecule has 0 saturated carbocycles. The summed E-state index contributed by atoms with van der Waals surface area (Å²) in [6, 6.07) is 4.13. The van der Waals surface area contributed by atoms with E-state index < -0.39 is 0 Å². The highest BCUT2D eigenvalue weighted by molar-refractivity contribution is 8.02. The van der Waals surface area contributed by atoms with Gasteiger partial charge in [-0.3, -0.25) is 0 Å². The quantitative estimate of drug-likeness (QED) is 0.549. The second kappa shape index (κ2) is 2.95. The fourth-order valence-electron chi connectivity index (χ4n) is 0.581. The van der Waals surface area contributed by atoms with Crippen LogP contribution in [0, 0.1) is 0 Å². The Hall–Kier alpha value is 0.01000. The SMILES string of the molecule is CC(C)(N)Sc1cccs1. The molecule has 0 aromatic carbocycles. The fraction of sp³-hybridized carbons (Fsp3) is 0.429. The lowest BCUT2D eigenvalue weighted by molar-refractivity contribution is 0.759. The van der Waals surface area contributed by atoms with Crippen molar-refractivity contribution in [2.75, 3.05) is 0 Å². The Kier molecular flexibility index (Phi) is 2.39. The Balaban J connectivity index is 2.57. The van der Waals surface area contributed by atoms with Crippen LogP contribution in [-0.2, 0) is 0 Å². The average Bonchev–Trinajstić information content (AvgIpc) is 2.12. The smallest absolute Gasteiger partial charge is 0.0617 e. The van der Waals surface area contributed by atoms with Gasteiger partial charge in [0.05, 0.1) is 9.08 Å². The molecule has 2 N–H and O–H groups in total. The second-order valence-electron chi connectivity index (χ2n) is 2.64. The van der Waals surface area contributed by atoms with Gasteiger partial charge >= 0.3 is 0 Å². The molecule has 0 spiro atoms. The highest BCUT2D eigenvalue weighted by Crippen LogP contribution is 2.31. The van der Waals surface area contributed by atoms with Crippen molar-refractivity contribution in [3.05, 3.63) is 17.5 Å². The summed E-state index contributed by atoms with van der Waals surface area (Å²) < 4.78 is 1.28. The lowest BCUT2D eigenvalue weighted by atomic mass is 10.4. The molecule has 0 radical (unpaired) electrons. The molecule has 56 valence electrons. The standard InChI is InChI=1S/C7H11NS2/c1-7(2,8)10-6-4-3-5-9-6/h3-5H,8H2,1-2H3. The van der Waals surface area contributed by atoms with E-state index in [1.54, 1.807) is 23.1 Å². The van der Waals surface area contributed by atoms with Crippen LogP contribution in [0.15, 0.2) is 21.7 Å². The number of thioether (sulfide) groups is 1. The third kappa shape index (κ3) is 2.73. The van der Waals surface area contributed by atoms with E-state index in [2.05, 4.69) is 11.4 Å². The van der Waals surface area contributed by atoms with E-state index in [4.69, 9.17) is 5.73 Å². The largest absolute Gasteiger partial charge is 0.317 e. The molecule has 0 unspecified atom stereocenters. The molecule has 0 bridgehead atoms. The topological polar surface area (TPSA) is 26.0 Å². The van der Waals surface area contributed by atoms with E-state index in [0.717, 1.165) is 0 Å². The van der Waals surface area contributed by atoms with E-state index >= 15 is 0 Å². The number of hydrogen-bond donors (Lipinski definition) is 1. The Morgan fingerprint density at radius 2 is 2.30 bits per heavy atom. The van der Waals surface area contributed by atoms with E-state index in [9.17, 15) is 0 Å². The Bertz CT molecular complexity index is 186. The van der Waals surface area contributed by atoms with Crippen molar-refractivity contribution in [3.63, 3.8) is 0 Å². The minimum atomic E-state index is -0.148. The maximum Gasteiger partial charge on any atom is 0.0617 e. The molecule has 0 amide bonds. The summed E-state index contributed by atoms with van der Waals surface area (Å²) in [7, 11) is 0. The van der Waals surface area contributed by atoms with Crippen LogP contribution in [0.2, 0.25) is 0 Å². The first-order valence-electron chi connectivity index (χ1n) is 3.09. The lowest BCUT2D eigenvalue weighted by Crippen LogP contribution is -2.26. The number of nitrogens with two attached hydrogens (primary N) is 1. The summed E-state index contributed by atoms with van der Waals surface area (Å²) >= 11 is 3.44. The number of hydrogen-bond acceptors (Lipinski definition) is 3. The van der Waals surface area contributed by atoms with Gasteiger partial charge in [0, 0.05) is 0 Å². The summed E-state index contributed by atoms with van der Waals surface area (Å²) in [4.78, 5) is -0.148. The molecule has 10 heavy (non-hydrogen) atoms. The molecule has 3 heteroatoms. The van der Waals surface area contributed by atoms with E-state index in [1.807, 2.05) is 19.9 Å². The molecule has 0 fully saturated rings. The molecule has 1 heterocycles. The first-order chi connectivity index (χ1) is 4.58. The zero-order valence-corrected chi connectivity index (χ0v) is 7.76. The van der Waals surface area contributed by atoms with E-state index in [0.29, 0.717) is 0 Å². The molecule has 1 aromatic heterocycles. The van der Waals surface area contributed by atoms with Crippen LogP contribution >= 0.6 is 23.1 Å². The predicted octanol–water partition coefficient (Wildman–Crippen LogP) is 2.54. The van der Waals surface area contributed by atoms with Crippen LogP contribution in [-0.4, -0.2) is 4.87 Å². The van der Waals surface area contributed by atoms with Gasteiger partial charge in [0.15, 0.2) is 0 Å². The zero-order chi connectivity index (χ0) is 7.61. The summed E-state index contributed by atoms with van der Waals surface area (Å²) in [5.41, 5.74) is 5.80. The first kappa shape index (κ1) is 8.11. The van der Waals surface area contributed by atoms with Crippen LogP contribution in [0.5, 0.6) is 0 Å². The highest BCUT2D eigenvalue weighted by atomic mass is 32.2. The molecular formula is C7H11NS2. The molecule has 0 aliphatic carbocycles. The van der Waals surface area contributed by atoms with Crippen molar-refractivity contribution in [2.24, 2.45) is 5.73 Å². The highest BCUT2D eigenvalue weighted by Gasteiger charge is 2.12. The average molecular weight is 173 g/mol. The van der Waals surface area contributed by atoms with Gasteiger partial charge in [-0.2, -0.15) is 0 Å². The van der Waals surface area contributed by atoms with Crippen molar-refractivity contribution < 1.29 is 0 Å². The van der Waals surface area contributed by atoms with Crippen LogP contribution < -0.4 is 5.73 Å². The number of rotatable bonds is 2. The molecule has 0 aliphatic heterocycles. The minimum absolute atomic E-state index is 0.148. The molecular weight excluding hydrogens is 162 g/mol.